The molecule has 0 amide bonds. The second-order valence-electron chi connectivity index (χ2n) is 5.92. The molecule has 7 heteroatoms. The number of carbonyl (C=O) groups excluding carboxylic acids is 2. The molecule has 0 aromatic rings. The average molecular weight is 504 g/mol. The number of carboxylic acid groups (broad SMARTS) is 2. The summed E-state index contributed by atoms with van der Waals surface area (Å²) in [4.78, 5) is 23.4. The van der Waals surface area contributed by atoms with Gasteiger partial charge in [-0.3, -0.25) is 0 Å². The fourth-order valence-electron chi connectivity index (χ4n) is 1.76. The van der Waals surface area contributed by atoms with E-state index in [1.165, 1.54) is 0 Å². The number of carboxylic acids is 2. The van der Waals surface area contributed by atoms with Crippen LogP contribution in [0.1, 0.15) is 79.1 Å². The van der Waals surface area contributed by atoms with Crippen molar-refractivity contribution in [2.45, 2.75) is 98.7 Å². The Morgan fingerprint density at radius 1 is 0.800 bits per heavy atom. The van der Waals surface area contributed by atoms with Crippen LogP contribution in [-0.2, 0) is 9.59 Å². The fraction of sp³-hybridized carbons (Fsp3) is 0.889. The minimum absolute atomic E-state index is 0.230. The molecule has 0 radical (unpaired) electrons. The van der Waals surface area contributed by atoms with Crippen LogP contribution in [0.2, 0.25) is 9.88 Å². The normalized spacial score (nSPS) is 14.4. The van der Waals surface area contributed by atoms with Gasteiger partial charge in [-0.1, -0.05) is 53.4 Å². The van der Waals surface area contributed by atoms with Crippen molar-refractivity contribution in [3.63, 3.8) is 0 Å². The Labute approximate surface area is 174 Å². The SMILES string of the molecule is CCCCC(Cl)(CC)C(=O)[O-].CCCCC(Cl)(CC)C(=O)[O-].[CH3][Sn+2][CH3]. The van der Waals surface area contributed by atoms with Crippen molar-refractivity contribution in [2.24, 2.45) is 0 Å². The van der Waals surface area contributed by atoms with Crippen molar-refractivity contribution in [1.82, 2.24) is 0 Å². The molecule has 0 N–H and O–H groups in total. The molecule has 0 spiro atoms. The zero-order valence-electron chi connectivity index (χ0n) is 16.5. The first kappa shape index (κ1) is 30.1. The first-order valence-corrected chi connectivity index (χ1v) is 15.4. The van der Waals surface area contributed by atoms with Crippen LogP contribution in [0, 0.1) is 0 Å². The third-order valence-corrected chi connectivity index (χ3v) is 4.93. The Morgan fingerprint density at radius 3 is 1.16 bits per heavy atom. The van der Waals surface area contributed by atoms with Crippen LogP contribution in [0.15, 0.2) is 0 Å². The summed E-state index contributed by atoms with van der Waals surface area (Å²) in [6.45, 7) is 7.53. The van der Waals surface area contributed by atoms with E-state index in [9.17, 15) is 19.8 Å². The van der Waals surface area contributed by atoms with Crippen LogP contribution in [-0.4, -0.2) is 42.8 Å². The predicted molar refractivity (Wildman–Crippen MR) is 104 cm³/mol. The summed E-state index contributed by atoms with van der Waals surface area (Å²) in [6, 6.07) is 0. The molecule has 0 aliphatic carbocycles. The van der Waals surface area contributed by atoms with Gasteiger partial charge < -0.3 is 19.8 Å². The maximum atomic E-state index is 10.5. The van der Waals surface area contributed by atoms with Gasteiger partial charge in [0.2, 0.25) is 0 Å². The number of carbonyl (C=O) groups is 2. The van der Waals surface area contributed by atoms with E-state index in [-0.39, 0.29) is 21.1 Å². The van der Waals surface area contributed by atoms with Gasteiger partial charge in [-0.25, -0.2) is 0 Å². The Hall–Kier alpha value is 0.319. The molecule has 0 aliphatic rings. The zero-order chi connectivity index (χ0) is 20.5. The second-order valence-corrected chi connectivity index (χ2v) is 10.2. The molecule has 0 saturated carbocycles. The van der Waals surface area contributed by atoms with Crippen LogP contribution >= 0.6 is 23.2 Å². The Morgan fingerprint density at radius 2 is 1.04 bits per heavy atom. The molecule has 0 saturated heterocycles. The Balaban J connectivity index is -0.000000334. The number of unbranched alkanes of at least 4 members (excludes halogenated alkanes) is 2. The molecule has 0 fully saturated rings. The predicted octanol–water partition coefficient (Wildman–Crippen LogP) is 3.42. The zero-order valence-corrected chi connectivity index (χ0v) is 20.9. The van der Waals surface area contributed by atoms with E-state index in [0.29, 0.717) is 25.7 Å². The number of halogens is 2. The molecule has 4 nitrogen and oxygen atoms in total. The first-order valence-electron chi connectivity index (χ1n) is 8.94. The number of alkyl halides is 2. The molecule has 0 bridgehead atoms. The summed E-state index contributed by atoms with van der Waals surface area (Å²) in [7, 11) is 0. The van der Waals surface area contributed by atoms with Crippen LogP contribution in [0.3, 0.4) is 0 Å². The van der Waals surface area contributed by atoms with E-state index < -0.39 is 21.7 Å². The van der Waals surface area contributed by atoms with Gasteiger partial charge in [-0.05, 0) is 25.7 Å². The van der Waals surface area contributed by atoms with Crippen molar-refractivity contribution in [3.8, 4) is 0 Å². The van der Waals surface area contributed by atoms with Crippen molar-refractivity contribution in [3.05, 3.63) is 0 Å². The quantitative estimate of drug-likeness (QED) is 0.338. The molecule has 2 unspecified atom stereocenters. The van der Waals surface area contributed by atoms with E-state index >= 15 is 0 Å². The molecule has 0 heterocycles. The summed E-state index contributed by atoms with van der Waals surface area (Å²) in [5, 5.41) is 21.0. The van der Waals surface area contributed by atoms with Crippen LogP contribution in [0.25, 0.3) is 0 Å². The topological polar surface area (TPSA) is 80.3 Å². The van der Waals surface area contributed by atoms with Gasteiger partial charge in [0, 0.05) is 0 Å². The monoisotopic (exact) mass is 504 g/mol. The van der Waals surface area contributed by atoms with Crippen molar-refractivity contribution in [1.29, 1.82) is 0 Å². The third-order valence-electron chi connectivity index (χ3n) is 3.71. The standard InChI is InChI=1S/2C8H15ClO2.2CH3.Sn/c2*1-3-5-6-8(9,4-2)7(10)11;;;/h2*3-6H2,1-2H3,(H,10,11);2*1H3;/q;;;;+2/p-2. The van der Waals surface area contributed by atoms with Gasteiger partial charge in [-0.2, -0.15) is 0 Å². The Kier molecular flexibility index (Phi) is 21.3. The van der Waals surface area contributed by atoms with Crippen molar-refractivity contribution >= 4 is 56.3 Å². The van der Waals surface area contributed by atoms with Gasteiger partial charge in [0.15, 0.2) is 0 Å². The second kappa shape index (κ2) is 17.7. The summed E-state index contributed by atoms with van der Waals surface area (Å²) < 4.78 is 0. The molecule has 25 heavy (non-hydrogen) atoms. The molecule has 2 atom stereocenters. The van der Waals surface area contributed by atoms with Crippen molar-refractivity contribution < 1.29 is 19.8 Å². The van der Waals surface area contributed by atoms with E-state index in [1.807, 2.05) is 13.8 Å². The van der Waals surface area contributed by atoms with Crippen LogP contribution in [0.5, 0.6) is 0 Å². The minimum atomic E-state index is -1.14. The molecule has 0 aliphatic heterocycles. The van der Waals surface area contributed by atoms with E-state index in [2.05, 4.69) is 9.88 Å². The van der Waals surface area contributed by atoms with Gasteiger partial charge in [-0.15, -0.1) is 23.2 Å². The average Bonchev–Trinajstić information content (AvgIpc) is 2.58. The summed E-state index contributed by atoms with van der Waals surface area (Å²) in [5.41, 5.74) is 0. The van der Waals surface area contributed by atoms with Crippen LogP contribution < -0.4 is 10.2 Å². The molecule has 148 valence electrons. The van der Waals surface area contributed by atoms with Gasteiger partial charge >= 0.3 is 31.0 Å². The first-order chi connectivity index (χ1) is 11.5. The van der Waals surface area contributed by atoms with Crippen molar-refractivity contribution in [2.75, 3.05) is 0 Å². The maximum absolute atomic E-state index is 10.5. The number of hydrogen-bond acceptors (Lipinski definition) is 4. The van der Waals surface area contributed by atoms with E-state index in [4.69, 9.17) is 23.2 Å². The number of aliphatic carboxylic acids is 2. The summed E-state index contributed by atoms with van der Waals surface area (Å²) in [6.07, 6.45) is 5.46. The number of hydrogen-bond donors (Lipinski definition) is 0. The number of rotatable bonds is 10. The van der Waals surface area contributed by atoms with Gasteiger partial charge in [0.1, 0.15) is 0 Å². The van der Waals surface area contributed by atoms with E-state index in [1.54, 1.807) is 13.8 Å². The Bertz CT molecular complexity index is 324. The third kappa shape index (κ3) is 15.1. The van der Waals surface area contributed by atoms with E-state index in [0.717, 1.165) is 25.7 Å². The molecule has 0 aromatic carbocycles. The molecule has 0 rings (SSSR count). The summed E-state index contributed by atoms with van der Waals surface area (Å²) >= 11 is 11.8. The van der Waals surface area contributed by atoms with Gasteiger partial charge in [0.05, 0.1) is 21.7 Å². The van der Waals surface area contributed by atoms with Gasteiger partial charge in [0.25, 0.3) is 0 Å². The molecular weight excluding hydrogens is 470 g/mol. The molecule has 0 aromatic heterocycles. The molecular formula is C18H34Cl2O4Sn. The summed E-state index contributed by atoms with van der Waals surface area (Å²) in [5.74, 6) is -2.29. The van der Waals surface area contributed by atoms with Crippen LogP contribution in [0.4, 0.5) is 0 Å². The fourth-order valence-corrected chi connectivity index (χ4v) is 2.03.